The number of hydrogen-bond acceptors (Lipinski definition) is 2. The number of benzene rings is 2. The van der Waals surface area contributed by atoms with Gasteiger partial charge < -0.3 is 4.57 Å². The zero-order chi connectivity index (χ0) is 14.1. The first-order valence-corrected chi connectivity index (χ1v) is 6.36. The lowest BCUT2D eigenvalue weighted by molar-refractivity contribution is 0.629. The van der Waals surface area contributed by atoms with Gasteiger partial charge in [0, 0.05) is 18.6 Å². The molecule has 0 bridgehead atoms. The smallest absolute Gasteiger partial charge is 0.124 e. The first kappa shape index (κ1) is 12.5. The Hall–Kier alpha value is -2.49. The van der Waals surface area contributed by atoms with Gasteiger partial charge in [0.25, 0.3) is 0 Å². The third-order valence-electron chi connectivity index (χ3n) is 3.24. The Morgan fingerprint density at radius 2 is 1.75 bits per heavy atom. The maximum Gasteiger partial charge on any atom is 0.124 e. The maximum absolute atomic E-state index is 13.4. The van der Waals surface area contributed by atoms with Gasteiger partial charge in [-0.3, -0.25) is 0 Å². The number of fused-ring (bicyclic) bond motifs is 1. The zero-order valence-corrected chi connectivity index (χ0v) is 11.3. The second-order valence-electron chi connectivity index (χ2n) is 4.82. The first-order chi connectivity index (χ1) is 9.63. The Morgan fingerprint density at radius 1 is 1.00 bits per heavy atom. The highest BCUT2D eigenvalue weighted by atomic mass is 19.1. The highest BCUT2D eigenvalue weighted by Gasteiger charge is 2.06. The lowest BCUT2D eigenvalue weighted by atomic mass is 10.2. The number of hydrogen-bond donors (Lipinski definition) is 0. The molecule has 20 heavy (non-hydrogen) atoms. The van der Waals surface area contributed by atoms with Crippen LogP contribution < -0.4 is 0 Å². The lowest BCUT2D eigenvalue weighted by Crippen LogP contribution is -1.83. The van der Waals surface area contributed by atoms with Crippen LogP contribution in [0.2, 0.25) is 0 Å². The molecule has 0 spiro atoms. The van der Waals surface area contributed by atoms with E-state index in [9.17, 15) is 4.39 Å². The summed E-state index contributed by atoms with van der Waals surface area (Å²) in [4.78, 5) is 0. The molecular weight excluding hydrogens is 253 g/mol. The minimum Gasteiger partial charge on any atom is -0.348 e. The van der Waals surface area contributed by atoms with E-state index in [1.54, 1.807) is 6.07 Å². The van der Waals surface area contributed by atoms with Gasteiger partial charge in [-0.15, -0.1) is 5.11 Å². The van der Waals surface area contributed by atoms with Gasteiger partial charge in [-0.2, -0.15) is 5.11 Å². The van der Waals surface area contributed by atoms with Crippen molar-refractivity contribution in [3.63, 3.8) is 0 Å². The minimum atomic E-state index is -0.268. The quantitative estimate of drug-likeness (QED) is 0.582. The second-order valence-corrected chi connectivity index (χ2v) is 4.82. The predicted molar refractivity (Wildman–Crippen MR) is 78.2 cm³/mol. The third-order valence-corrected chi connectivity index (χ3v) is 3.24. The molecule has 100 valence electrons. The van der Waals surface area contributed by atoms with Crippen LogP contribution in [0.5, 0.6) is 0 Å². The molecule has 0 amide bonds. The van der Waals surface area contributed by atoms with Crippen molar-refractivity contribution in [3.8, 4) is 0 Å². The van der Waals surface area contributed by atoms with Crippen molar-refractivity contribution >= 4 is 22.3 Å². The average molecular weight is 267 g/mol. The van der Waals surface area contributed by atoms with Gasteiger partial charge in [0.1, 0.15) is 11.5 Å². The topological polar surface area (TPSA) is 29.6 Å². The molecule has 0 aliphatic heterocycles. The molecule has 4 heteroatoms. The third kappa shape index (κ3) is 2.32. The Morgan fingerprint density at radius 3 is 2.50 bits per heavy atom. The highest BCUT2D eigenvalue weighted by Crippen LogP contribution is 2.29. The van der Waals surface area contributed by atoms with E-state index in [2.05, 4.69) is 10.2 Å². The molecule has 3 aromatic rings. The highest BCUT2D eigenvalue weighted by molar-refractivity contribution is 5.91. The molecule has 0 unspecified atom stereocenters. The fourth-order valence-corrected chi connectivity index (χ4v) is 2.15. The van der Waals surface area contributed by atoms with Gasteiger partial charge >= 0.3 is 0 Å². The van der Waals surface area contributed by atoms with Crippen LogP contribution in [0.4, 0.5) is 15.8 Å². The van der Waals surface area contributed by atoms with Crippen molar-refractivity contribution in [2.24, 2.45) is 17.3 Å². The summed E-state index contributed by atoms with van der Waals surface area (Å²) in [5.41, 5.74) is 3.56. The Labute approximate surface area is 116 Å². The van der Waals surface area contributed by atoms with Crippen molar-refractivity contribution < 1.29 is 4.39 Å². The molecular formula is C16H14FN3. The van der Waals surface area contributed by atoms with Gasteiger partial charge in [-0.25, -0.2) is 4.39 Å². The normalized spacial score (nSPS) is 11.6. The summed E-state index contributed by atoms with van der Waals surface area (Å²) in [6, 6.07) is 12.5. The van der Waals surface area contributed by atoms with E-state index in [4.69, 9.17) is 0 Å². The number of halogens is 1. The van der Waals surface area contributed by atoms with Crippen molar-refractivity contribution in [1.29, 1.82) is 0 Å². The second kappa shape index (κ2) is 4.89. The van der Waals surface area contributed by atoms with Crippen LogP contribution in [0.25, 0.3) is 10.9 Å². The molecule has 3 rings (SSSR count). The number of rotatable bonds is 2. The summed E-state index contributed by atoms with van der Waals surface area (Å²) in [5.74, 6) is -0.268. The molecule has 1 heterocycles. The Kier molecular flexibility index (Phi) is 3.06. The minimum absolute atomic E-state index is 0.268. The molecule has 0 saturated heterocycles. The van der Waals surface area contributed by atoms with Crippen molar-refractivity contribution in [1.82, 2.24) is 4.57 Å². The van der Waals surface area contributed by atoms with Crippen LogP contribution in [0.3, 0.4) is 0 Å². The maximum atomic E-state index is 13.4. The van der Waals surface area contributed by atoms with E-state index in [1.807, 2.05) is 49.0 Å². The first-order valence-electron chi connectivity index (χ1n) is 6.36. The Balaban J connectivity index is 2.02. The number of aromatic nitrogens is 1. The van der Waals surface area contributed by atoms with Crippen molar-refractivity contribution in [2.45, 2.75) is 6.92 Å². The van der Waals surface area contributed by atoms with E-state index in [0.29, 0.717) is 5.69 Å². The van der Waals surface area contributed by atoms with Gasteiger partial charge in [0.2, 0.25) is 0 Å². The fraction of sp³-hybridized carbons (Fsp3) is 0.125. The molecule has 0 atom stereocenters. The summed E-state index contributed by atoms with van der Waals surface area (Å²) >= 11 is 0. The largest absolute Gasteiger partial charge is 0.348 e. The van der Waals surface area contributed by atoms with Gasteiger partial charge in [0.15, 0.2) is 0 Å². The van der Waals surface area contributed by atoms with Crippen LogP contribution >= 0.6 is 0 Å². The molecule has 1 aromatic heterocycles. The number of azo groups is 1. The van der Waals surface area contributed by atoms with E-state index in [-0.39, 0.29) is 5.82 Å². The summed E-state index contributed by atoms with van der Waals surface area (Å²) in [7, 11) is 1.91. The van der Waals surface area contributed by atoms with Crippen molar-refractivity contribution in [3.05, 3.63) is 60.0 Å². The average Bonchev–Trinajstić information content (AvgIpc) is 2.74. The lowest BCUT2D eigenvalue weighted by Gasteiger charge is -1.95. The van der Waals surface area contributed by atoms with Crippen LogP contribution in [0.15, 0.2) is 58.9 Å². The summed E-state index contributed by atoms with van der Waals surface area (Å²) < 4.78 is 15.3. The van der Waals surface area contributed by atoms with Gasteiger partial charge in [0.05, 0.1) is 11.2 Å². The van der Waals surface area contributed by atoms with Crippen LogP contribution in [0.1, 0.15) is 5.56 Å². The monoisotopic (exact) mass is 267 g/mol. The van der Waals surface area contributed by atoms with Gasteiger partial charge in [-0.05, 0) is 37.3 Å². The Bertz CT molecular complexity index is 785. The fourth-order valence-electron chi connectivity index (χ4n) is 2.15. The van der Waals surface area contributed by atoms with E-state index < -0.39 is 0 Å². The summed E-state index contributed by atoms with van der Waals surface area (Å²) in [6.45, 7) is 2.02. The molecule has 0 radical (unpaired) electrons. The summed E-state index contributed by atoms with van der Waals surface area (Å²) in [5, 5.41) is 9.20. The summed E-state index contributed by atoms with van der Waals surface area (Å²) in [6.07, 6.45) is 1.85. The molecule has 0 saturated carbocycles. The standard InChI is InChI=1S/C16H14FN3/c1-11-3-6-13(7-4-11)18-19-15-10-20(2)16-8-5-12(17)9-14(15)16/h3-10H,1-2H3/b19-18+. The molecule has 0 aliphatic rings. The van der Waals surface area contributed by atoms with Crippen LogP contribution in [-0.2, 0) is 7.05 Å². The van der Waals surface area contributed by atoms with E-state index >= 15 is 0 Å². The molecule has 0 N–H and O–H groups in total. The van der Waals surface area contributed by atoms with Crippen LogP contribution in [0, 0.1) is 12.7 Å². The molecule has 2 aromatic carbocycles. The number of aryl methyl sites for hydroxylation is 2. The SMILES string of the molecule is Cc1ccc(/N=N/c2cn(C)c3ccc(F)cc23)cc1. The van der Waals surface area contributed by atoms with Gasteiger partial charge in [-0.1, -0.05) is 17.7 Å². The molecule has 0 aliphatic carbocycles. The molecule has 0 fully saturated rings. The predicted octanol–water partition coefficient (Wildman–Crippen LogP) is 5.04. The molecule has 3 nitrogen and oxygen atoms in total. The van der Waals surface area contributed by atoms with E-state index in [1.165, 1.54) is 17.7 Å². The van der Waals surface area contributed by atoms with Crippen molar-refractivity contribution in [2.75, 3.05) is 0 Å². The zero-order valence-electron chi connectivity index (χ0n) is 11.3. The van der Waals surface area contributed by atoms with E-state index in [0.717, 1.165) is 16.6 Å². The van der Waals surface area contributed by atoms with Crippen LogP contribution in [-0.4, -0.2) is 4.57 Å². The number of nitrogens with zero attached hydrogens (tertiary/aromatic N) is 3.